The maximum Gasteiger partial charge on any atom is 0.226 e. The van der Waals surface area contributed by atoms with E-state index in [1.807, 2.05) is 12.4 Å². The van der Waals surface area contributed by atoms with Gasteiger partial charge in [0.15, 0.2) is 0 Å². The van der Waals surface area contributed by atoms with E-state index in [2.05, 4.69) is 38.8 Å². The van der Waals surface area contributed by atoms with Gasteiger partial charge in [0.1, 0.15) is 0 Å². The number of rotatable bonds is 4. The minimum atomic E-state index is 0.0880. The van der Waals surface area contributed by atoms with Gasteiger partial charge in [-0.3, -0.25) is 4.79 Å². The molecule has 1 saturated carbocycles. The third kappa shape index (κ3) is 2.89. The van der Waals surface area contributed by atoms with Crippen LogP contribution in [0.3, 0.4) is 0 Å². The fraction of sp³-hybridized carbons (Fsp3) is 0.600. The van der Waals surface area contributed by atoms with Gasteiger partial charge in [-0.1, -0.05) is 25.5 Å². The van der Waals surface area contributed by atoms with E-state index in [0.29, 0.717) is 12.5 Å². The van der Waals surface area contributed by atoms with E-state index >= 15 is 0 Å². The molecule has 2 atom stereocenters. The van der Waals surface area contributed by atoms with E-state index in [1.165, 1.54) is 5.57 Å². The summed E-state index contributed by atoms with van der Waals surface area (Å²) in [6.45, 7) is 9.15. The first-order chi connectivity index (χ1) is 8.84. The first kappa shape index (κ1) is 14.3. The highest BCUT2D eigenvalue weighted by atomic mass is 32.1. The van der Waals surface area contributed by atoms with Gasteiger partial charge in [0, 0.05) is 12.4 Å². The second-order valence-electron chi connectivity index (χ2n) is 6.24. The lowest BCUT2D eigenvalue weighted by Gasteiger charge is -2.16. The van der Waals surface area contributed by atoms with Crippen LogP contribution in [0.15, 0.2) is 22.5 Å². The summed E-state index contributed by atoms with van der Waals surface area (Å²) in [6.07, 6.45) is 2.24. The number of hydrogen-bond acceptors (Lipinski definition) is 3. The molecule has 1 amide bonds. The van der Waals surface area contributed by atoms with Gasteiger partial charge in [-0.2, -0.15) is 0 Å². The molecule has 0 radical (unpaired) electrons. The SMILES string of the molecule is CC(C)=C[C@H]1[C@H](C(=O)N(C)Cc2cscn2)C1(C)C. The number of aromatic nitrogens is 1. The molecule has 4 heteroatoms. The van der Waals surface area contributed by atoms with Crippen molar-refractivity contribution >= 4 is 17.2 Å². The zero-order valence-corrected chi connectivity index (χ0v) is 13.1. The van der Waals surface area contributed by atoms with Crippen molar-refractivity contribution in [1.29, 1.82) is 0 Å². The molecule has 0 bridgehead atoms. The Kier molecular flexibility index (Phi) is 3.81. The second kappa shape index (κ2) is 5.08. The molecule has 104 valence electrons. The van der Waals surface area contributed by atoms with Crippen molar-refractivity contribution < 1.29 is 4.79 Å². The maximum atomic E-state index is 12.5. The Labute approximate surface area is 119 Å². The van der Waals surface area contributed by atoms with Crippen molar-refractivity contribution in [3.05, 3.63) is 28.2 Å². The van der Waals surface area contributed by atoms with E-state index in [1.54, 1.807) is 21.7 Å². The van der Waals surface area contributed by atoms with Crippen LogP contribution in [0.2, 0.25) is 0 Å². The van der Waals surface area contributed by atoms with Gasteiger partial charge in [-0.25, -0.2) is 4.98 Å². The average Bonchev–Trinajstić information content (AvgIpc) is 2.69. The molecule has 1 aromatic rings. The van der Waals surface area contributed by atoms with E-state index in [4.69, 9.17) is 0 Å². The smallest absolute Gasteiger partial charge is 0.226 e. The predicted molar refractivity (Wildman–Crippen MR) is 78.8 cm³/mol. The predicted octanol–water partition coefficient (Wildman–Crippen LogP) is 3.34. The van der Waals surface area contributed by atoms with Gasteiger partial charge in [-0.15, -0.1) is 11.3 Å². The van der Waals surface area contributed by atoms with Crippen molar-refractivity contribution in [2.75, 3.05) is 7.05 Å². The van der Waals surface area contributed by atoms with E-state index in [0.717, 1.165) is 5.69 Å². The normalized spacial score (nSPS) is 23.8. The van der Waals surface area contributed by atoms with Crippen molar-refractivity contribution in [2.45, 2.75) is 34.2 Å². The van der Waals surface area contributed by atoms with E-state index in [-0.39, 0.29) is 17.2 Å². The molecule has 0 unspecified atom stereocenters. The minimum absolute atomic E-state index is 0.0880. The number of amides is 1. The van der Waals surface area contributed by atoms with Crippen LogP contribution >= 0.6 is 11.3 Å². The van der Waals surface area contributed by atoms with E-state index in [9.17, 15) is 4.79 Å². The van der Waals surface area contributed by atoms with Crippen LogP contribution in [0.25, 0.3) is 0 Å². The largest absolute Gasteiger partial charge is 0.340 e. The molecule has 2 rings (SSSR count). The number of allylic oxidation sites excluding steroid dienone is 2. The minimum Gasteiger partial charge on any atom is -0.340 e. The Morgan fingerprint density at radius 3 is 2.74 bits per heavy atom. The molecule has 1 fully saturated rings. The fourth-order valence-corrected chi connectivity index (χ4v) is 3.24. The quantitative estimate of drug-likeness (QED) is 0.791. The van der Waals surface area contributed by atoms with Crippen LogP contribution in [0.5, 0.6) is 0 Å². The summed E-state index contributed by atoms with van der Waals surface area (Å²) in [4.78, 5) is 18.6. The van der Waals surface area contributed by atoms with Crippen LogP contribution in [0, 0.1) is 17.3 Å². The molecule has 0 spiro atoms. The Bertz CT molecular complexity index is 486. The van der Waals surface area contributed by atoms with Crippen LogP contribution in [-0.2, 0) is 11.3 Å². The van der Waals surface area contributed by atoms with Crippen LogP contribution in [0.1, 0.15) is 33.4 Å². The monoisotopic (exact) mass is 278 g/mol. The Morgan fingerprint density at radius 1 is 1.53 bits per heavy atom. The highest BCUT2D eigenvalue weighted by Crippen LogP contribution is 2.60. The van der Waals surface area contributed by atoms with Crippen LogP contribution in [-0.4, -0.2) is 22.8 Å². The number of carbonyl (C=O) groups is 1. The first-order valence-electron chi connectivity index (χ1n) is 6.61. The Balaban J connectivity index is 2.02. The highest BCUT2D eigenvalue weighted by molar-refractivity contribution is 7.07. The lowest BCUT2D eigenvalue weighted by atomic mass is 10.1. The Hall–Kier alpha value is -1.16. The van der Waals surface area contributed by atoms with Crippen molar-refractivity contribution in [1.82, 2.24) is 9.88 Å². The second-order valence-corrected chi connectivity index (χ2v) is 6.96. The molecule has 0 N–H and O–H groups in total. The summed E-state index contributed by atoms with van der Waals surface area (Å²) in [5, 5.41) is 2.00. The first-order valence-corrected chi connectivity index (χ1v) is 7.55. The fourth-order valence-electron chi connectivity index (χ4n) is 2.69. The van der Waals surface area contributed by atoms with Gasteiger partial charge in [0.2, 0.25) is 5.91 Å². The summed E-state index contributed by atoms with van der Waals surface area (Å²) < 4.78 is 0. The number of nitrogens with zero attached hydrogens (tertiary/aromatic N) is 2. The summed E-state index contributed by atoms with van der Waals surface area (Å²) in [5.74, 6) is 0.731. The van der Waals surface area contributed by atoms with Crippen LogP contribution in [0.4, 0.5) is 0 Å². The average molecular weight is 278 g/mol. The summed E-state index contributed by atoms with van der Waals surface area (Å²) in [5.41, 5.74) is 4.15. The number of hydrogen-bond donors (Lipinski definition) is 0. The zero-order valence-electron chi connectivity index (χ0n) is 12.3. The van der Waals surface area contributed by atoms with Gasteiger partial charge in [0.25, 0.3) is 0 Å². The van der Waals surface area contributed by atoms with Crippen molar-refractivity contribution in [3.63, 3.8) is 0 Å². The summed E-state index contributed by atoms with van der Waals surface area (Å²) in [7, 11) is 1.87. The molecular formula is C15H22N2OS. The Morgan fingerprint density at radius 2 is 2.21 bits per heavy atom. The standard InChI is InChI=1S/C15H22N2OS/c1-10(2)6-12-13(15(12,3)4)14(18)17(5)7-11-8-19-9-16-11/h6,8-9,12-13H,7H2,1-5H3/t12-,13+/m0/s1. The van der Waals surface area contributed by atoms with Gasteiger partial charge < -0.3 is 4.90 Å². The van der Waals surface area contributed by atoms with E-state index < -0.39 is 0 Å². The van der Waals surface area contributed by atoms with Crippen LogP contribution < -0.4 is 0 Å². The molecule has 1 aliphatic carbocycles. The molecule has 0 saturated heterocycles. The molecule has 0 aromatic carbocycles. The molecule has 1 aromatic heterocycles. The van der Waals surface area contributed by atoms with Gasteiger partial charge in [-0.05, 0) is 25.2 Å². The number of thiazole rings is 1. The highest BCUT2D eigenvalue weighted by Gasteiger charge is 2.60. The topological polar surface area (TPSA) is 33.2 Å². The zero-order chi connectivity index (χ0) is 14.2. The number of carbonyl (C=O) groups excluding carboxylic acids is 1. The lowest BCUT2D eigenvalue weighted by Crippen LogP contribution is -2.29. The molecule has 3 nitrogen and oxygen atoms in total. The van der Waals surface area contributed by atoms with Gasteiger partial charge in [0.05, 0.1) is 23.7 Å². The molecule has 1 aliphatic rings. The molecule has 0 aliphatic heterocycles. The molecular weight excluding hydrogens is 256 g/mol. The lowest BCUT2D eigenvalue weighted by molar-refractivity contribution is -0.132. The van der Waals surface area contributed by atoms with Crippen molar-refractivity contribution in [2.24, 2.45) is 17.3 Å². The summed E-state index contributed by atoms with van der Waals surface area (Å²) >= 11 is 1.57. The summed E-state index contributed by atoms with van der Waals surface area (Å²) in [6, 6.07) is 0. The maximum absolute atomic E-state index is 12.5. The third-order valence-corrected chi connectivity index (χ3v) is 4.58. The van der Waals surface area contributed by atoms with Crippen molar-refractivity contribution in [3.8, 4) is 0 Å². The molecule has 19 heavy (non-hydrogen) atoms. The molecule has 1 heterocycles. The van der Waals surface area contributed by atoms with Gasteiger partial charge >= 0.3 is 0 Å². The third-order valence-electron chi connectivity index (χ3n) is 3.95.